The summed E-state index contributed by atoms with van der Waals surface area (Å²) in [5.74, 6) is 0.0233. The van der Waals surface area contributed by atoms with E-state index in [1.54, 1.807) is 11.8 Å². The van der Waals surface area contributed by atoms with Gasteiger partial charge >= 0.3 is 0 Å². The van der Waals surface area contributed by atoms with Crippen LogP contribution in [0.15, 0.2) is 48.5 Å². The van der Waals surface area contributed by atoms with Crippen molar-refractivity contribution in [3.8, 4) is 0 Å². The molecular formula is C22H28N2O2. The van der Waals surface area contributed by atoms with Gasteiger partial charge in [-0.3, -0.25) is 9.59 Å². The third-order valence-corrected chi connectivity index (χ3v) is 4.59. The normalized spacial score (nSPS) is 10.5. The van der Waals surface area contributed by atoms with E-state index in [1.165, 1.54) is 0 Å². The van der Waals surface area contributed by atoms with Gasteiger partial charge in [0, 0.05) is 38.7 Å². The third-order valence-electron chi connectivity index (χ3n) is 4.59. The Hall–Kier alpha value is -2.62. The summed E-state index contributed by atoms with van der Waals surface area (Å²) in [6.07, 6.45) is 0.314. The Morgan fingerprint density at radius 2 is 1.54 bits per heavy atom. The summed E-state index contributed by atoms with van der Waals surface area (Å²) in [6, 6.07) is 15.9. The summed E-state index contributed by atoms with van der Waals surface area (Å²) < 4.78 is 0. The molecule has 0 N–H and O–H groups in total. The van der Waals surface area contributed by atoms with Gasteiger partial charge < -0.3 is 9.80 Å². The highest BCUT2D eigenvalue weighted by atomic mass is 16.2. The average Bonchev–Trinajstić information content (AvgIpc) is 2.62. The maximum absolute atomic E-state index is 12.7. The first kappa shape index (κ1) is 19.7. The van der Waals surface area contributed by atoms with Gasteiger partial charge in [0.05, 0.1) is 0 Å². The Balaban J connectivity index is 2.08. The monoisotopic (exact) mass is 352 g/mol. The molecule has 0 aromatic heterocycles. The van der Waals surface area contributed by atoms with Gasteiger partial charge in [0.15, 0.2) is 0 Å². The van der Waals surface area contributed by atoms with Crippen LogP contribution in [0, 0.1) is 13.8 Å². The van der Waals surface area contributed by atoms with Crippen LogP contribution in [0.4, 0.5) is 5.69 Å². The zero-order valence-corrected chi connectivity index (χ0v) is 16.2. The van der Waals surface area contributed by atoms with Gasteiger partial charge in [-0.15, -0.1) is 0 Å². The SMILES string of the molecule is CCN(Cc1ccccc1)C(=O)CCN(C(C)=O)c1c(C)cccc1C. The Morgan fingerprint density at radius 3 is 2.08 bits per heavy atom. The molecule has 0 heterocycles. The number of carbonyl (C=O) groups is 2. The molecule has 0 spiro atoms. The van der Waals surface area contributed by atoms with E-state index < -0.39 is 0 Å². The number of rotatable bonds is 7. The first-order valence-corrected chi connectivity index (χ1v) is 9.10. The number of hydrogen-bond donors (Lipinski definition) is 0. The standard InChI is InChI=1S/C22H28N2O2/c1-5-23(16-20-12-7-6-8-13-20)21(26)14-15-24(19(4)25)22-17(2)10-9-11-18(22)3/h6-13H,5,14-16H2,1-4H3. The van der Waals surface area contributed by atoms with E-state index in [2.05, 4.69) is 0 Å². The minimum Gasteiger partial charge on any atom is -0.339 e. The average molecular weight is 352 g/mol. The van der Waals surface area contributed by atoms with Crippen molar-refractivity contribution in [2.24, 2.45) is 0 Å². The molecule has 0 fully saturated rings. The molecule has 2 amide bonds. The molecule has 0 radical (unpaired) electrons. The summed E-state index contributed by atoms with van der Waals surface area (Å²) in [5.41, 5.74) is 4.12. The van der Waals surface area contributed by atoms with Crippen LogP contribution in [-0.4, -0.2) is 29.8 Å². The highest BCUT2D eigenvalue weighted by Gasteiger charge is 2.19. The van der Waals surface area contributed by atoms with E-state index in [4.69, 9.17) is 0 Å². The number of aryl methyl sites for hydroxylation is 2. The van der Waals surface area contributed by atoms with Gasteiger partial charge in [0.1, 0.15) is 0 Å². The molecule has 0 aliphatic carbocycles. The summed E-state index contributed by atoms with van der Waals surface area (Å²) >= 11 is 0. The van der Waals surface area contributed by atoms with E-state index in [0.717, 1.165) is 22.4 Å². The maximum atomic E-state index is 12.7. The molecule has 0 unspecified atom stereocenters. The lowest BCUT2D eigenvalue weighted by molar-refractivity contribution is -0.131. The Morgan fingerprint density at radius 1 is 0.923 bits per heavy atom. The second-order valence-corrected chi connectivity index (χ2v) is 6.55. The zero-order valence-electron chi connectivity index (χ0n) is 16.2. The van der Waals surface area contributed by atoms with E-state index >= 15 is 0 Å². The fourth-order valence-electron chi connectivity index (χ4n) is 3.20. The molecule has 2 aromatic carbocycles. The predicted octanol–water partition coefficient (Wildman–Crippen LogP) is 4.10. The predicted molar refractivity (Wildman–Crippen MR) is 106 cm³/mol. The van der Waals surface area contributed by atoms with Crippen LogP contribution in [-0.2, 0) is 16.1 Å². The van der Waals surface area contributed by atoms with Crippen LogP contribution in [0.2, 0.25) is 0 Å². The Labute approximate surface area is 156 Å². The van der Waals surface area contributed by atoms with Crippen molar-refractivity contribution >= 4 is 17.5 Å². The number of para-hydroxylation sites is 1. The number of nitrogens with zero attached hydrogens (tertiary/aromatic N) is 2. The van der Waals surface area contributed by atoms with Gasteiger partial charge in [-0.25, -0.2) is 0 Å². The van der Waals surface area contributed by atoms with Crippen LogP contribution in [0.3, 0.4) is 0 Å². The zero-order chi connectivity index (χ0) is 19.1. The quantitative estimate of drug-likeness (QED) is 0.753. The fourth-order valence-corrected chi connectivity index (χ4v) is 3.20. The minimum absolute atomic E-state index is 0.0405. The van der Waals surface area contributed by atoms with Crippen LogP contribution in [0.5, 0.6) is 0 Å². The molecule has 26 heavy (non-hydrogen) atoms. The van der Waals surface area contributed by atoms with Gasteiger partial charge in [-0.05, 0) is 37.5 Å². The van der Waals surface area contributed by atoms with E-state index in [1.807, 2.05) is 74.2 Å². The molecular weight excluding hydrogens is 324 g/mol. The molecule has 2 rings (SSSR count). The van der Waals surface area contributed by atoms with Crippen LogP contribution < -0.4 is 4.90 Å². The highest BCUT2D eigenvalue weighted by Crippen LogP contribution is 2.25. The van der Waals surface area contributed by atoms with Crippen LogP contribution in [0.25, 0.3) is 0 Å². The number of hydrogen-bond acceptors (Lipinski definition) is 2. The number of anilines is 1. The molecule has 4 heteroatoms. The lowest BCUT2D eigenvalue weighted by atomic mass is 10.1. The van der Waals surface area contributed by atoms with Gasteiger partial charge in [0.2, 0.25) is 11.8 Å². The lowest BCUT2D eigenvalue weighted by Gasteiger charge is -2.27. The van der Waals surface area contributed by atoms with Crippen molar-refractivity contribution in [1.29, 1.82) is 0 Å². The first-order valence-electron chi connectivity index (χ1n) is 9.10. The van der Waals surface area contributed by atoms with Crippen molar-refractivity contribution in [1.82, 2.24) is 4.90 Å². The van der Waals surface area contributed by atoms with E-state index in [9.17, 15) is 9.59 Å². The maximum Gasteiger partial charge on any atom is 0.224 e. The van der Waals surface area contributed by atoms with Gasteiger partial charge in [-0.1, -0.05) is 48.5 Å². The summed E-state index contributed by atoms with van der Waals surface area (Å²) in [5, 5.41) is 0. The molecule has 0 saturated carbocycles. The number of amides is 2. The molecule has 0 aliphatic rings. The summed E-state index contributed by atoms with van der Waals surface area (Å²) in [4.78, 5) is 28.4. The number of carbonyl (C=O) groups excluding carboxylic acids is 2. The molecule has 0 saturated heterocycles. The summed E-state index contributed by atoms with van der Waals surface area (Å²) in [7, 11) is 0. The molecule has 0 atom stereocenters. The van der Waals surface area contributed by atoms with Crippen molar-refractivity contribution < 1.29 is 9.59 Å². The lowest BCUT2D eigenvalue weighted by Crippen LogP contribution is -2.36. The minimum atomic E-state index is -0.0405. The Kier molecular flexibility index (Phi) is 6.96. The third kappa shape index (κ3) is 4.94. The molecule has 4 nitrogen and oxygen atoms in total. The van der Waals surface area contributed by atoms with Crippen LogP contribution in [0.1, 0.15) is 37.0 Å². The fraction of sp³-hybridized carbons (Fsp3) is 0.364. The van der Waals surface area contributed by atoms with Gasteiger partial charge in [0.25, 0.3) is 0 Å². The van der Waals surface area contributed by atoms with Crippen molar-refractivity contribution in [3.63, 3.8) is 0 Å². The van der Waals surface area contributed by atoms with E-state index in [-0.39, 0.29) is 11.8 Å². The number of benzene rings is 2. The molecule has 2 aromatic rings. The first-order chi connectivity index (χ1) is 12.4. The highest BCUT2D eigenvalue weighted by molar-refractivity contribution is 5.94. The van der Waals surface area contributed by atoms with Gasteiger partial charge in [-0.2, -0.15) is 0 Å². The largest absolute Gasteiger partial charge is 0.339 e. The second-order valence-electron chi connectivity index (χ2n) is 6.55. The van der Waals surface area contributed by atoms with Crippen molar-refractivity contribution in [2.45, 2.75) is 40.7 Å². The van der Waals surface area contributed by atoms with Crippen LogP contribution >= 0.6 is 0 Å². The molecule has 0 bridgehead atoms. The Bertz CT molecular complexity index is 736. The topological polar surface area (TPSA) is 40.6 Å². The van der Waals surface area contributed by atoms with E-state index in [0.29, 0.717) is 26.1 Å². The molecule has 138 valence electrons. The second kappa shape index (κ2) is 9.18. The molecule has 0 aliphatic heterocycles. The van der Waals surface area contributed by atoms with Crippen molar-refractivity contribution in [3.05, 3.63) is 65.2 Å². The smallest absolute Gasteiger partial charge is 0.224 e. The summed E-state index contributed by atoms with van der Waals surface area (Å²) in [6.45, 7) is 9.16. The van der Waals surface area contributed by atoms with Crippen molar-refractivity contribution in [2.75, 3.05) is 18.0 Å².